The molecule has 0 saturated carbocycles. The summed E-state index contributed by atoms with van der Waals surface area (Å²) in [6.07, 6.45) is 6.64. The maximum Gasteiger partial charge on any atom is 0.191 e. The Hall–Kier alpha value is -1.57. The van der Waals surface area contributed by atoms with E-state index < -0.39 is 0 Å². The van der Waals surface area contributed by atoms with E-state index in [0.717, 1.165) is 32.0 Å². The van der Waals surface area contributed by atoms with Crippen molar-refractivity contribution in [1.82, 2.24) is 20.2 Å². The molecule has 0 fully saturated rings. The van der Waals surface area contributed by atoms with Gasteiger partial charge < -0.3 is 15.2 Å². The number of hydrogen-bond donors (Lipinski definition) is 2. The predicted molar refractivity (Wildman–Crippen MR) is 96.9 cm³/mol. The Morgan fingerprint density at radius 3 is 2.71 bits per heavy atom. The summed E-state index contributed by atoms with van der Waals surface area (Å²) in [7, 11) is 1.79. The molecule has 21 heavy (non-hydrogen) atoms. The number of imidazole rings is 1. The molecule has 0 amide bonds. The van der Waals surface area contributed by atoms with Crippen LogP contribution in [-0.4, -0.2) is 29.1 Å². The monoisotopic (exact) mass is 399 g/mol. The highest BCUT2D eigenvalue weighted by molar-refractivity contribution is 14.0. The zero-order valence-electron chi connectivity index (χ0n) is 12.2. The summed E-state index contributed by atoms with van der Waals surface area (Å²) >= 11 is 0. The molecule has 6 heteroatoms. The molecule has 0 saturated heterocycles. The molecule has 0 radical (unpaired) electrons. The number of aryl methyl sites for hydroxylation is 1. The third kappa shape index (κ3) is 6.61. The smallest absolute Gasteiger partial charge is 0.191 e. The highest BCUT2D eigenvalue weighted by Gasteiger charge is 1.97. The summed E-state index contributed by atoms with van der Waals surface area (Å²) in [5, 5.41) is 6.61. The molecule has 2 aromatic rings. The Morgan fingerprint density at radius 1 is 1.24 bits per heavy atom. The normalized spacial score (nSPS) is 10.8. The van der Waals surface area contributed by atoms with Gasteiger partial charge in [0.2, 0.25) is 0 Å². The molecular formula is C15H22IN5. The van der Waals surface area contributed by atoms with Crippen LogP contribution in [0.4, 0.5) is 0 Å². The molecule has 2 N–H and O–H groups in total. The first-order chi connectivity index (χ1) is 9.88. The van der Waals surface area contributed by atoms with Crippen molar-refractivity contribution in [2.45, 2.75) is 19.5 Å². The number of rotatable bonds is 6. The first kappa shape index (κ1) is 17.5. The summed E-state index contributed by atoms with van der Waals surface area (Å²) in [6, 6.07) is 10.3. The largest absolute Gasteiger partial charge is 0.356 e. The Balaban J connectivity index is 0.00000220. The Kier molecular flexibility index (Phi) is 8.49. The van der Waals surface area contributed by atoms with Gasteiger partial charge in [-0.1, -0.05) is 30.3 Å². The van der Waals surface area contributed by atoms with Gasteiger partial charge in [-0.25, -0.2) is 4.98 Å². The van der Waals surface area contributed by atoms with Crippen molar-refractivity contribution in [3.05, 3.63) is 54.6 Å². The molecule has 0 unspecified atom stereocenters. The quantitative estimate of drug-likeness (QED) is 0.339. The van der Waals surface area contributed by atoms with Crippen LogP contribution in [-0.2, 0) is 13.1 Å². The van der Waals surface area contributed by atoms with E-state index in [-0.39, 0.29) is 24.0 Å². The Labute approximate surface area is 142 Å². The lowest BCUT2D eigenvalue weighted by atomic mass is 10.2. The fourth-order valence-electron chi connectivity index (χ4n) is 1.89. The lowest BCUT2D eigenvalue weighted by Gasteiger charge is -2.12. The van der Waals surface area contributed by atoms with Crippen molar-refractivity contribution in [3.63, 3.8) is 0 Å². The molecule has 1 aromatic carbocycles. The molecule has 5 nitrogen and oxygen atoms in total. The summed E-state index contributed by atoms with van der Waals surface area (Å²) in [6.45, 7) is 2.62. The van der Waals surface area contributed by atoms with Crippen molar-refractivity contribution in [1.29, 1.82) is 0 Å². The van der Waals surface area contributed by atoms with Gasteiger partial charge in [0.1, 0.15) is 0 Å². The van der Waals surface area contributed by atoms with Gasteiger partial charge in [0, 0.05) is 39.1 Å². The van der Waals surface area contributed by atoms with Crippen LogP contribution in [0, 0.1) is 0 Å². The first-order valence-electron chi connectivity index (χ1n) is 6.82. The first-order valence-corrected chi connectivity index (χ1v) is 6.82. The molecule has 0 aliphatic heterocycles. The van der Waals surface area contributed by atoms with Crippen LogP contribution < -0.4 is 10.6 Å². The fourth-order valence-corrected chi connectivity index (χ4v) is 1.89. The highest BCUT2D eigenvalue weighted by Crippen LogP contribution is 1.96. The van der Waals surface area contributed by atoms with Gasteiger partial charge >= 0.3 is 0 Å². The minimum atomic E-state index is 0. The minimum absolute atomic E-state index is 0. The van der Waals surface area contributed by atoms with Crippen molar-refractivity contribution < 1.29 is 0 Å². The molecule has 0 spiro atoms. The lowest BCUT2D eigenvalue weighted by molar-refractivity contribution is 0.624. The van der Waals surface area contributed by atoms with Crippen molar-refractivity contribution in [2.75, 3.05) is 13.6 Å². The van der Waals surface area contributed by atoms with Gasteiger partial charge in [-0.3, -0.25) is 4.99 Å². The maximum absolute atomic E-state index is 4.21. The fraction of sp³-hybridized carbons (Fsp3) is 0.333. The van der Waals surface area contributed by atoms with E-state index in [9.17, 15) is 0 Å². The summed E-state index contributed by atoms with van der Waals surface area (Å²) in [4.78, 5) is 8.23. The second kappa shape index (κ2) is 10.2. The Bertz CT molecular complexity index is 510. The molecule has 0 aliphatic rings. The van der Waals surface area contributed by atoms with Crippen molar-refractivity contribution in [2.24, 2.45) is 4.99 Å². The van der Waals surface area contributed by atoms with Gasteiger partial charge in [0.15, 0.2) is 5.96 Å². The van der Waals surface area contributed by atoms with Crippen LogP contribution in [0.3, 0.4) is 0 Å². The molecule has 0 bridgehead atoms. The number of benzene rings is 1. The van der Waals surface area contributed by atoms with E-state index in [1.165, 1.54) is 5.56 Å². The second-order valence-electron chi connectivity index (χ2n) is 4.49. The molecule has 0 aliphatic carbocycles. The second-order valence-corrected chi connectivity index (χ2v) is 4.49. The molecule has 1 heterocycles. The van der Waals surface area contributed by atoms with Crippen LogP contribution in [0.15, 0.2) is 54.0 Å². The van der Waals surface area contributed by atoms with Gasteiger partial charge in [-0.05, 0) is 12.0 Å². The zero-order chi connectivity index (χ0) is 14.0. The van der Waals surface area contributed by atoms with E-state index in [1.54, 1.807) is 13.2 Å². The number of aliphatic imine (C=N–C) groups is 1. The molecule has 0 atom stereocenters. The van der Waals surface area contributed by atoms with Crippen LogP contribution in [0.5, 0.6) is 0 Å². The summed E-state index contributed by atoms with van der Waals surface area (Å²) in [5.74, 6) is 0.833. The number of nitrogens with zero attached hydrogens (tertiary/aromatic N) is 3. The average Bonchev–Trinajstić information content (AvgIpc) is 3.01. The number of guanidine groups is 1. The molecule has 1 aromatic heterocycles. The van der Waals surface area contributed by atoms with Gasteiger partial charge in [0.05, 0.1) is 6.33 Å². The molecule has 114 valence electrons. The standard InChI is InChI=1S/C15H21N5.HI/c1-16-15(19-12-14-6-3-2-4-7-14)18-8-5-10-20-11-9-17-13-20;/h2-4,6-7,9,11,13H,5,8,10,12H2,1H3,(H2,16,18,19);1H. The number of halogens is 1. The van der Waals surface area contributed by atoms with Crippen LogP contribution >= 0.6 is 24.0 Å². The lowest BCUT2D eigenvalue weighted by Crippen LogP contribution is -2.37. The van der Waals surface area contributed by atoms with E-state index in [4.69, 9.17) is 0 Å². The molecular weight excluding hydrogens is 377 g/mol. The average molecular weight is 399 g/mol. The third-order valence-corrected chi connectivity index (χ3v) is 2.97. The van der Waals surface area contributed by atoms with Gasteiger partial charge in [0.25, 0.3) is 0 Å². The summed E-state index contributed by atoms with van der Waals surface area (Å²) in [5.41, 5.74) is 1.24. The van der Waals surface area contributed by atoms with Crippen LogP contribution in [0.25, 0.3) is 0 Å². The van der Waals surface area contributed by atoms with Crippen molar-refractivity contribution >= 4 is 29.9 Å². The topological polar surface area (TPSA) is 54.2 Å². The van der Waals surface area contributed by atoms with Crippen molar-refractivity contribution in [3.8, 4) is 0 Å². The van der Waals surface area contributed by atoms with E-state index >= 15 is 0 Å². The minimum Gasteiger partial charge on any atom is -0.356 e. The Morgan fingerprint density at radius 2 is 2.05 bits per heavy atom. The zero-order valence-corrected chi connectivity index (χ0v) is 14.5. The van der Waals surface area contributed by atoms with E-state index in [2.05, 4.69) is 37.3 Å². The van der Waals surface area contributed by atoms with Crippen LogP contribution in [0.1, 0.15) is 12.0 Å². The number of aromatic nitrogens is 2. The SMILES string of the molecule is CN=C(NCCCn1ccnc1)NCc1ccccc1.I. The number of nitrogens with one attached hydrogen (secondary N) is 2. The van der Waals surface area contributed by atoms with Gasteiger partial charge in [-0.15, -0.1) is 24.0 Å². The molecule has 2 rings (SSSR count). The highest BCUT2D eigenvalue weighted by atomic mass is 127. The predicted octanol–water partition coefficient (Wildman–Crippen LogP) is 2.26. The van der Waals surface area contributed by atoms with Gasteiger partial charge in [-0.2, -0.15) is 0 Å². The van der Waals surface area contributed by atoms with E-state index in [1.807, 2.05) is 30.7 Å². The third-order valence-electron chi connectivity index (χ3n) is 2.97. The van der Waals surface area contributed by atoms with E-state index in [0.29, 0.717) is 0 Å². The maximum atomic E-state index is 4.21. The summed E-state index contributed by atoms with van der Waals surface area (Å²) < 4.78 is 2.07. The van der Waals surface area contributed by atoms with Crippen LogP contribution in [0.2, 0.25) is 0 Å². The number of hydrogen-bond acceptors (Lipinski definition) is 2.